The number of nitrogens with zero attached hydrogens (tertiary/aromatic N) is 4. The van der Waals surface area contributed by atoms with Crippen LogP contribution in [-0.4, -0.2) is 26.2 Å². The third kappa shape index (κ3) is 2.90. The van der Waals surface area contributed by atoms with Gasteiger partial charge in [-0.15, -0.1) is 0 Å². The first-order chi connectivity index (χ1) is 7.88. The largest absolute Gasteiger partial charge is 0.343 e. The van der Waals surface area contributed by atoms with E-state index < -0.39 is 0 Å². The summed E-state index contributed by atoms with van der Waals surface area (Å²) in [5, 5.41) is 7.04. The van der Waals surface area contributed by atoms with E-state index in [0.717, 1.165) is 25.2 Å². The zero-order valence-electron chi connectivity index (χ0n) is 9.26. The smallest absolute Gasteiger partial charge is 0.213 e. The predicted molar refractivity (Wildman–Crippen MR) is 57.6 cm³/mol. The molecule has 0 fully saturated rings. The highest BCUT2D eigenvalue weighted by Gasteiger charge is 2.02. The van der Waals surface area contributed by atoms with E-state index in [0.29, 0.717) is 12.4 Å². The summed E-state index contributed by atoms with van der Waals surface area (Å²) in [4.78, 5) is 8.24. The highest BCUT2D eigenvalue weighted by molar-refractivity contribution is 4.98. The molecule has 0 aliphatic rings. The van der Waals surface area contributed by atoms with Crippen LogP contribution in [0.15, 0.2) is 23.4 Å². The molecule has 1 N–H and O–H groups in total. The molecule has 0 atom stereocenters. The molecule has 0 aliphatic carbocycles. The average molecular weight is 221 g/mol. The standard InChI is InChI=1S/C10H15N5O/c1-2-3-11-4-9-5-15(7-12-9)6-10-13-8-16-14-10/h5,7-8,11H,2-4,6H2,1H3. The Hall–Kier alpha value is -1.69. The fourth-order valence-corrected chi connectivity index (χ4v) is 1.40. The Bertz CT molecular complexity index is 409. The van der Waals surface area contributed by atoms with E-state index in [-0.39, 0.29) is 0 Å². The summed E-state index contributed by atoms with van der Waals surface area (Å²) < 4.78 is 6.60. The van der Waals surface area contributed by atoms with Gasteiger partial charge in [0.05, 0.1) is 18.6 Å². The van der Waals surface area contributed by atoms with Crippen LogP contribution in [-0.2, 0) is 13.1 Å². The van der Waals surface area contributed by atoms with Gasteiger partial charge in [0, 0.05) is 12.7 Å². The van der Waals surface area contributed by atoms with Gasteiger partial charge in [-0.25, -0.2) is 4.98 Å². The Morgan fingerprint density at radius 1 is 1.44 bits per heavy atom. The lowest BCUT2D eigenvalue weighted by Gasteiger charge is -1.98. The maximum Gasteiger partial charge on any atom is 0.213 e. The summed E-state index contributed by atoms with van der Waals surface area (Å²) in [5.74, 6) is 0.658. The normalized spacial score (nSPS) is 10.8. The van der Waals surface area contributed by atoms with Crippen LogP contribution in [0.1, 0.15) is 24.9 Å². The highest BCUT2D eigenvalue weighted by Crippen LogP contribution is 1.99. The fraction of sp³-hybridized carbons (Fsp3) is 0.500. The molecule has 0 radical (unpaired) electrons. The average Bonchev–Trinajstić information content (AvgIpc) is 2.91. The summed E-state index contributed by atoms with van der Waals surface area (Å²) in [6.45, 7) is 4.55. The number of nitrogens with one attached hydrogen (secondary N) is 1. The first kappa shape index (κ1) is 10.8. The molecule has 86 valence electrons. The third-order valence-corrected chi connectivity index (χ3v) is 2.15. The van der Waals surface area contributed by atoms with Crippen LogP contribution in [0.5, 0.6) is 0 Å². The molecule has 0 aliphatic heterocycles. The van der Waals surface area contributed by atoms with E-state index in [1.165, 1.54) is 6.39 Å². The molecule has 2 rings (SSSR count). The molecule has 2 aromatic heterocycles. The molecule has 2 aromatic rings. The van der Waals surface area contributed by atoms with Gasteiger partial charge < -0.3 is 14.4 Å². The van der Waals surface area contributed by atoms with E-state index in [1.807, 2.05) is 10.8 Å². The van der Waals surface area contributed by atoms with E-state index in [4.69, 9.17) is 0 Å². The molecule has 0 aromatic carbocycles. The lowest BCUT2D eigenvalue weighted by molar-refractivity contribution is 0.408. The van der Waals surface area contributed by atoms with Crippen molar-refractivity contribution in [2.24, 2.45) is 0 Å². The maximum absolute atomic E-state index is 4.67. The zero-order valence-corrected chi connectivity index (χ0v) is 9.26. The van der Waals surface area contributed by atoms with Gasteiger partial charge in [0.1, 0.15) is 0 Å². The van der Waals surface area contributed by atoms with E-state index in [1.54, 1.807) is 6.33 Å². The minimum atomic E-state index is 0.595. The van der Waals surface area contributed by atoms with Gasteiger partial charge in [-0.2, -0.15) is 4.98 Å². The quantitative estimate of drug-likeness (QED) is 0.731. The summed E-state index contributed by atoms with van der Waals surface area (Å²) in [6, 6.07) is 0. The Morgan fingerprint density at radius 2 is 2.38 bits per heavy atom. The van der Waals surface area contributed by atoms with Crippen molar-refractivity contribution in [2.75, 3.05) is 6.54 Å². The topological polar surface area (TPSA) is 68.8 Å². The van der Waals surface area contributed by atoms with Crippen molar-refractivity contribution in [1.82, 2.24) is 25.0 Å². The van der Waals surface area contributed by atoms with Crippen molar-refractivity contribution in [3.63, 3.8) is 0 Å². The minimum Gasteiger partial charge on any atom is -0.343 e. The van der Waals surface area contributed by atoms with Crippen molar-refractivity contribution in [2.45, 2.75) is 26.4 Å². The van der Waals surface area contributed by atoms with Gasteiger partial charge in [0.15, 0.2) is 5.82 Å². The molecule has 0 saturated heterocycles. The molecule has 2 heterocycles. The minimum absolute atomic E-state index is 0.595. The molecule has 6 nitrogen and oxygen atoms in total. The van der Waals surface area contributed by atoms with Crippen LogP contribution in [0.4, 0.5) is 0 Å². The fourth-order valence-electron chi connectivity index (χ4n) is 1.40. The Kier molecular flexibility index (Phi) is 3.66. The van der Waals surface area contributed by atoms with Crippen molar-refractivity contribution < 1.29 is 4.52 Å². The number of imidazole rings is 1. The molecule has 0 unspecified atom stereocenters. The maximum atomic E-state index is 4.67. The van der Waals surface area contributed by atoms with Crippen molar-refractivity contribution in [1.29, 1.82) is 0 Å². The number of rotatable bonds is 6. The second kappa shape index (κ2) is 5.41. The first-order valence-electron chi connectivity index (χ1n) is 5.35. The Morgan fingerprint density at radius 3 is 3.12 bits per heavy atom. The van der Waals surface area contributed by atoms with E-state index in [9.17, 15) is 0 Å². The van der Waals surface area contributed by atoms with Crippen LogP contribution < -0.4 is 5.32 Å². The molecule has 0 spiro atoms. The molecule has 0 amide bonds. The summed E-state index contributed by atoms with van der Waals surface area (Å²) >= 11 is 0. The third-order valence-electron chi connectivity index (χ3n) is 2.15. The van der Waals surface area contributed by atoms with Gasteiger partial charge in [-0.1, -0.05) is 12.1 Å². The molecule has 6 heteroatoms. The zero-order chi connectivity index (χ0) is 11.2. The second-order valence-electron chi connectivity index (χ2n) is 3.56. The number of hydrogen-bond acceptors (Lipinski definition) is 5. The van der Waals surface area contributed by atoms with Crippen LogP contribution in [0.3, 0.4) is 0 Å². The van der Waals surface area contributed by atoms with Crippen LogP contribution in [0, 0.1) is 0 Å². The van der Waals surface area contributed by atoms with Gasteiger partial charge in [0.2, 0.25) is 6.39 Å². The lowest BCUT2D eigenvalue weighted by Crippen LogP contribution is -2.13. The van der Waals surface area contributed by atoms with Gasteiger partial charge in [-0.05, 0) is 13.0 Å². The molecule has 0 bridgehead atoms. The van der Waals surface area contributed by atoms with E-state index >= 15 is 0 Å². The van der Waals surface area contributed by atoms with Crippen molar-refractivity contribution in [3.05, 3.63) is 30.4 Å². The van der Waals surface area contributed by atoms with Crippen molar-refractivity contribution in [3.8, 4) is 0 Å². The molecular weight excluding hydrogens is 206 g/mol. The van der Waals surface area contributed by atoms with Gasteiger partial charge in [-0.3, -0.25) is 0 Å². The Labute approximate surface area is 93.7 Å². The predicted octanol–water partition coefficient (Wildman–Crippen LogP) is 0.814. The van der Waals surface area contributed by atoms with E-state index in [2.05, 4.69) is 31.9 Å². The van der Waals surface area contributed by atoms with Crippen LogP contribution in [0.2, 0.25) is 0 Å². The molecule has 0 saturated carbocycles. The Balaban J connectivity index is 1.87. The lowest BCUT2D eigenvalue weighted by atomic mass is 10.4. The summed E-state index contributed by atoms with van der Waals surface area (Å²) in [5.41, 5.74) is 1.02. The monoisotopic (exact) mass is 221 g/mol. The first-order valence-corrected chi connectivity index (χ1v) is 5.35. The molecular formula is C10H15N5O. The van der Waals surface area contributed by atoms with Gasteiger partial charge >= 0.3 is 0 Å². The molecule has 16 heavy (non-hydrogen) atoms. The van der Waals surface area contributed by atoms with Gasteiger partial charge in [0.25, 0.3) is 0 Å². The second-order valence-corrected chi connectivity index (χ2v) is 3.56. The van der Waals surface area contributed by atoms with Crippen LogP contribution in [0.25, 0.3) is 0 Å². The number of aromatic nitrogens is 4. The highest BCUT2D eigenvalue weighted by atomic mass is 16.5. The summed E-state index contributed by atoms with van der Waals surface area (Å²) in [7, 11) is 0. The summed E-state index contributed by atoms with van der Waals surface area (Å²) in [6.07, 6.45) is 6.22. The van der Waals surface area contributed by atoms with Crippen LogP contribution >= 0.6 is 0 Å². The SMILES string of the molecule is CCCNCc1cn(Cc2ncon2)cn1. The van der Waals surface area contributed by atoms with Crippen molar-refractivity contribution >= 4 is 0 Å². The number of hydrogen-bond donors (Lipinski definition) is 1.